The number of nitrogens with one attached hydrogen (secondary N) is 2. The van der Waals surface area contributed by atoms with Crippen molar-refractivity contribution in [2.45, 2.75) is 32.7 Å². The van der Waals surface area contributed by atoms with E-state index < -0.39 is 0 Å². The molecule has 0 spiro atoms. The molecule has 0 bridgehead atoms. The number of guanidine groups is 1. The van der Waals surface area contributed by atoms with Crippen LogP contribution in [0.4, 0.5) is 5.82 Å². The third kappa shape index (κ3) is 7.95. The first-order valence-corrected chi connectivity index (χ1v) is 11.3. The maximum Gasteiger partial charge on any atom is 0.224 e. The fraction of sp³-hybridized carbons (Fsp3) is 0.500. The molecule has 0 radical (unpaired) electrons. The lowest BCUT2D eigenvalue weighted by Crippen LogP contribution is -2.50. The summed E-state index contributed by atoms with van der Waals surface area (Å²) >= 11 is 1.83. The zero-order valence-electron chi connectivity index (χ0n) is 18.5. The maximum atomic E-state index is 12.6. The Morgan fingerprint density at radius 1 is 1.23 bits per heavy atom. The van der Waals surface area contributed by atoms with E-state index in [1.807, 2.05) is 40.6 Å². The number of anilines is 1. The number of carbonyl (C=O) groups excluding carboxylic acids is 1. The SMILES string of the molecule is CN=C(NCCC(=O)N1CCN(c2ccccn2)CC1)NC(C)Cc1ccc(C)s1.I. The number of amides is 1. The van der Waals surface area contributed by atoms with Gasteiger partial charge in [-0.2, -0.15) is 0 Å². The molecule has 1 unspecified atom stereocenters. The highest BCUT2D eigenvalue weighted by molar-refractivity contribution is 14.0. The molecule has 9 heteroatoms. The number of aryl methyl sites for hydroxylation is 1. The second-order valence-electron chi connectivity index (χ2n) is 7.57. The quantitative estimate of drug-likeness (QED) is 0.312. The number of pyridine rings is 1. The van der Waals surface area contributed by atoms with Gasteiger partial charge in [0, 0.05) is 74.6 Å². The number of aromatic nitrogens is 1. The molecule has 0 aromatic carbocycles. The van der Waals surface area contributed by atoms with Gasteiger partial charge in [0.15, 0.2) is 5.96 Å². The van der Waals surface area contributed by atoms with Crippen molar-refractivity contribution < 1.29 is 4.79 Å². The van der Waals surface area contributed by atoms with E-state index in [4.69, 9.17) is 0 Å². The van der Waals surface area contributed by atoms with Gasteiger partial charge in [0.05, 0.1) is 0 Å². The smallest absolute Gasteiger partial charge is 0.224 e. The Balaban J connectivity index is 0.00000341. The number of rotatable bonds is 7. The average Bonchev–Trinajstić information content (AvgIpc) is 3.18. The minimum absolute atomic E-state index is 0. The van der Waals surface area contributed by atoms with Gasteiger partial charge in [-0.05, 0) is 38.1 Å². The highest BCUT2D eigenvalue weighted by Gasteiger charge is 2.21. The first kappa shape index (κ1) is 25.4. The molecular weight excluding hydrogens is 523 g/mol. The lowest BCUT2D eigenvalue weighted by atomic mass is 10.2. The second kappa shape index (κ2) is 12.8. The summed E-state index contributed by atoms with van der Waals surface area (Å²) in [7, 11) is 1.76. The summed E-state index contributed by atoms with van der Waals surface area (Å²) in [5, 5.41) is 6.68. The Kier molecular flexibility index (Phi) is 10.5. The van der Waals surface area contributed by atoms with Crippen LogP contribution < -0.4 is 15.5 Å². The fourth-order valence-corrected chi connectivity index (χ4v) is 4.57. The second-order valence-corrected chi connectivity index (χ2v) is 8.94. The predicted octanol–water partition coefficient (Wildman–Crippen LogP) is 2.90. The molecular formula is C22H33IN6OS. The summed E-state index contributed by atoms with van der Waals surface area (Å²) in [4.78, 5) is 28.1. The van der Waals surface area contributed by atoms with Gasteiger partial charge in [0.1, 0.15) is 5.82 Å². The van der Waals surface area contributed by atoms with Gasteiger partial charge in [-0.15, -0.1) is 35.3 Å². The lowest BCUT2D eigenvalue weighted by molar-refractivity contribution is -0.131. The van der Waals surface area contributed by atoms with E-state index in [9.17, 15) is 4.79 Å². The lowest BCUT2D eigenvalue weighted by Gasteiger charge is -2.35. The predicted molar refractivity (Wildman–Crippen MR) is 140 cm³/mol. The molecule has 1 aliphatic heterocycles. The van der Waals surface area contributed by atoms with E-state index in [1.165, 1.54) is 9.75 Å². The molecule has 1 amide bonds. The van der Waals surface area contributed by atoms with Crippen molar-refractivity contribution in [2.24, 2.45) is 4.99 Å². The Labute approximate surface area is 206 Å². The van der Waals surface area contributed by atoms with E-state index in [2.05, 4.69) is 51.5 Å². The third-order valence-electron chi connectivity index (χ3n) is 5.15. The number of aliphatic imine (C=N–C) groups is 1. The van der Waals surface area contributed by atoms with E-state index in [1.54, 1.807) is 7.05 Å². The van der Waals surface area contributed by atoms with Crippen molar-refractivity contribution in [1.29, 1.82) is 0 Å². The molecule has 1 saturated heterocycles. The van der Waals surface area contributed by atoms with Crippen LogP contribution in [-0.4, -0.2) is 67.6 Å². The van der Waals surface area contributed by atoms with Crippen LogP contribution in [0.2, 0.25) is 0 Å². The molecule has 1 fully saturated rings. The monoisotopic (exact) mass is 556 g/mol. The highest BCUT2D eigenvalue weighted by atomic mass is 127. The van der Waals surface area contributed by atoms with Crippen molar-refractivity contribution in [3.05, 3.63) is 46.3 Å². The topological polar surface area (TPSA) is 72.9 Å². The van der Waals surface area contributed by atoms with E-state index in [0.717, 1.165) is 44.4 Å². The zero-order chi connectivity index (χ0) is 21.3. The molecule has 3 heterocycles. The third-order valence-corrected chi connectivity index (χ3v) is 6.17. The first-order chi connectivity index (χ1) is 14.5. The van der Waals surface area contributed by atoms with Gasteiger partial charge < -0.3 is 20.4 Å². The number of piperazine rings is 1. The highest BCUT2D eigenvalue weighted by Crippen LogP contribution is 2.16. The summed E-state index contributed by atoms with van der Waals surface area (Å²) in [5.41, 5.74) is 0. The van der Waals surface area contributed by atoms with E-state index >= 15 is 0 Å². The van der Waals surface area contributed by atoms with Crippen LogP contribution in [0.5, 0.6) is 0 Å². The molecule has 170 valence electrons. The number of hydrogen-bond acceptors (Lipinski definition) is 5. The summed E-state index contributed by atoms with van der Waals surface area (Å²) in [6.45, 7) is 7.96. The average molecular weight is 557 g/mol. The Bertz CT molecular complexity index is 836. The molecule has 3 rings (SSSR count). The van der Waals surface area contributed by atoms with Gasteiger partial charge in [-0.25, -0.2) is 4.98 Å². The summed E-state index contributed by atoms with van der Waals surface area (Å²) in [6, 6.07) is 10.5. The Hall–Kier alpha value is -1.88. The van der Waals surface area contributed by atoms with Crippen LogP contribution in [-0.2, 0) is 11.2 Å². The molecule has 2 N–H and O–H groups in total. The van der Waals surface area contributed by atoms with Gasteiger partial charge in [-0.3, -0.25) is 9.79 Å². The Morgan fingerprint density at radius 2 is 2.00 bits per heavy atom. The number of nitrogens with zero attached hydrogens (tertiary/aromatic N) is 4. The first-order valence-electron chi connectivity index (χ1n) is 10.5. The van der Waals surface area contributed by atoms with Crippen LogP contribution in [0, 0.1) is 6.92 Å². The molecule has 1 atom stereocenters. The number of carbonyl (C=O) groups is 1. The van der Waals surface area contributed by atoms with Gasteiger partial charge >= 0.3 is 0 Å². The summed E-state index contributed by atoms with van der Waals surface area (Å²) in [5.74, 6) is 1.90. The van der Waals surface area contributed by atoms with E-state index in [-0.39, 0.29) is 35.9 Å². The van der Waals surface area contributed by atoms with Crippen LogP contribution in [0.1, 0.15) is 23.1 Å². The minimum atomic E-state index is 0. The zero-order valence-corrected chi connectivity index (χ0v) is 21.7. The fourth-order valence-electron chi connectivity index (χ4n) is 3.55. The maximum absolute atomic E-state index is 12.6. The van der Waals surface area contributed by atoms with Crippen molar-refractivity contribution in [3.63, 3.8) is 0 Å². The summed E-state index contributed by atoms with van der Waals surface area (Å²) < 4.78 is 0. The molecule has 0 saturated carbocycles. The van der Waals surface area contributed by atoms with Gasteiger partial charge in [0.25, 0.3) is 0 Å². The molecule has 31 heavy (non-hydrogen) atoms. The number of thiophene rings is 1. The van der Waals surface area contributed by atoms with Gasteiger partial charge in [0.2, 0.25) is 5.91 Å². The van der Waals surface area contributed by atoms with Crippen LogP contribution >= 0.6 is 35.3 Å². The normalized spacial score (nSPS) is 15.3. The van der Waals surface area contributed by atoms with Crippen molar-refractivity contribution >= 4 is 53.0 Å². The van der Waals surface area contributed by atoms with Crippen molar-refractivity contribution in [2.75, 3.05) is 44.7 Å². The molecule has 7 nitrogen and oxygen atoms in total. The molecule has 2 aromatic rings. The largest absolute Gasteiger partial charge is 0.356 e. The number of halogens is 1. The summed E-state index contributed by atoms with van der Waals surface area (Å²) in [6.07, 6.45) is 3.23. The Morgan fingerprint density at radius 3 is 2.61 bits per heavy atom. The number of hydrogen-bond donors (Lipinski definition) is 2. The van der Waals surface area contributed by atoms with Crippen LogP contribution in [0.25, 0.3) is 0 Å². The van der Waals surface area contributed by atoms with E-state index in [0.29, 0.717) is 13.0 Å². The minimum Gasteiger partial charge on any atom is -0.356 e. The van der Waals surface area contributed by atoms with Crippen LogP contribution in [0.3, 0.4) is 0 Å². The van der Waals surface area contributed by atoms with Gasteiger partial charge in [-0.1, -0.05) is 6.07 Å². The molecule has 1 aliphatic rings. The standard InChI is InChI=1S/C22H32N6OS.HI/c1-17(16-19-8-7-18(2)30-19)26-22(23-3)25-11-9-21(29)28-14-12-27(13-15-28)20-6-4-5-10-24-20;/h4-8,10,17H,9,11-16H2,1-3H3,(H2,23,25,26);1H. The van der Waals surface area contributed by atoms with Crippen LogP contribution in [0.15, 0.2) is 41.5 Å². The molecule has 0 aliphatic carbocycles. The van der Waals surface area contributed by atoms with Crippen molar-refractivity contribution in [3.8, 4) is 0 Å². The van der Waals surface area contributed by atoms with Crippen molar-refractivity contribution in [1.82, 2.24) is 20.5 Å². The molecule has 2 aromatic heterocycles.